The Morgan fingerprint density at radius 3 is 2.45 bits per heavy atom. The van der Waals surface area contributed by atoms with Crippen molar-refractivity contribution in [1.82, 2.24) is 0 Å². The summed E-state index contributed by atoms with van der Waals surface area (Å²) in [5, 5.41) is 9.14. The van der Waals surface area contributed by atoms with Gasteiger partial charge >= 0.3 is 0 Å². The van der Waals surface area contributed by atoms with Gasteiger partial charge in [0.05, 0.1) is 0 Å². The van der Waals surface area contributed by atoms with Crippen LogP contribution < -0.4 is 0 Å². The molecule has 1 aromatic rings. The average molecular weight is 311 g/mol. The Morgan fingerprint density at radius 1 is 1.36 bits per heavy atom. The van der Waals surface area contributed by atoms with Gasteiger partial charge in [-0.25, -0.2) is 0 Å². The first-order valence-corrected chi connectivity index (χ1v) is 3.52. The molecule has 0 aliphatic rings. The Bertz CT molecular complexity index is 233. The maximum absolute atomic E-state index is 9.14. The largest absolute Gasteiger partial charge is 0.508 e. The van der Waals surface area contributed by atoms with Gasteiger partial charge in [-0.15, -0.1) is 0 Å². The van der Waals surface area contributed by atoms with Crippen molar-refractivity contribution in [1.29, 1.82) is 0 Å². The molecule has 1 aromatic carbocycles. The van der Waals surface area contributed by atoms with Crippen molar-refractivity contribution >= 4 is 0 Å². The fraction of sp³-hybridized carbons (Fsp3) is 0.333. The third-order valence-electron chi connectivity index (χ3n) is 1.67. The Labute approximate surface area is 96.6 Å². The van der Waals surface area contributed by atoms with E-state index in [1.54, 1.807) is 6.07 Å². The van der Waals surface area contributed by atoms with Gasteiger partial charge in [0.1, 0.15) is 5.75 Å². The summed E-state index contributed by atoms with van der Waals surface area (Å²) in [7, 11) is 0. The molecule has 0 saturated carbocycles. The molecule has 0 aliphatic heterocycles. The van der Waals surface area contributed by atoms with E-state index >= 15 is 0 Å². The third kappa shape index (κ3) is 3.00. The van der Waals surface area contributed by atoms with E-state index in [1.807, 2.05) is 19.1 Å². The van der Waals surface area contributed by atoms with Crippen LogP contribution in [0.3, 0.4) is 0 Å². The van der Waals surface area contributed by atoms with Gasteiger partial charge in [0, 0.05) is 36.9 Å². The molecule has 0 spiro atoms. The molecule has 0 fully saturated rings. The molecule has 0 saturated heterocycles. The zero-order valence-electron chi connectivity index (χ0n) is 6.64. The summed E-state index contributed by atoms with van der Waals surface area (Å²) in [6, 6.07) is 5.70. The first-order valence-electron chi connectivity index (χ1n) is 3.52. The number of hydrogen-bond donors (Lipinski definition) is 1. The number of aryl methyl sites for hydroxylation is 2. The molecule has 69 valence electrons. The molecule has 1 N–H and O–H groups in total. The smallest absolute Gasteiger partial charge is 0.118 e. The first kappa shape index (κ1) is 11.3. The monoisotopic (exact) mass is 311 g/mol. The molecule has 0 aromatic heterocycles. The molecule has 1 radical (unpaired) electrons. The maximum Gasteiger partial charge on any atom is 0.118 e. The number of benzene rings is 1. The van der Waals surface area contributed by atoms with Crippen LogP contribution in [0, 0.1) is 43.8 Å². The summed E-state index contributed by atoms with van der Waals surface area (Å²) in [4.78, 5) is 0. The van der Waals surface area contributed by atoms with E-state index in [0.29, 0.717) is 5.75 Å². The van der Waals surface area contributed by atoms with Crippen LogP contribution in [0.15, 0.2) is 18.2 Å². The van der Waals surface area contributed by atoms with E-state index in [0.717, 1.165) is 12.0 Å². The molecule has 0 heterocycles. The number of phenolic OH excluding ortho intramolecular Hbond substituents is 1. The number of hydrogen-bond acceptors (Lipinski definition) is 1. The SMILES string of the molecule is CCc1ccc(O)c(C)c1.[Lu]. The first-order chi connectivity index (χ1) is 4.74. The fourth-order valence-corrected chi connectivity index (χ4v) is 0.937. The molecular formula is C9H12LuO. The predicted molar refractivity (Wildman–Crippen MR) is 42.2 cm³/mol. The van der Waals surface area contributed by atoms with Gasteiger partial charge in [-0.2, -0.15) is 0 Å². The van der Waals surface area contributed by atoms with Crippen molar-refractivity contribution < 1.29 is 42.0 Å². The molecule has 11 heavy (non-hydrogen) atoms. The summed E-state index contributed by atoms with van der Waals surface area (Å²) in [5.41, 5.74) is 2.23. The van der Waals surface area contributed by atoms with E-state index in [-0.39, 0.29) is 36.9 Å². The zero-order valence-corrected chi connectivity index (χ0v) is 8.30. The standard InChI is InChI=1S/C9H12O.Lu/c1-3-8-4-5-9(10)7(2)6-8;/h4-6,10H,3H2,1-2H3;. The van der Waals surface area contributed by atoms with E-state index < -0.39 is 0 Å². The van der Waals surface area contributed by atoms with Gasteiger partial charge in [-0.1, -0.05) is 19.1 Å². The van der Waals surface area contributed by atoms with Crippen LogP contribution in [0.2, 0.25) is 0 Å². The van der Waals surface area contributed by atoms with Crippen LogP contribution in [0.5, 0.6) is 5.75 Å². The Balaban J connectivity index is 0.000001000. The maximum atomic E-state index is 9.14. The minimum atomic E-state index is 0. The van der Waals surface area contributed by atoms with Gasteiger partial charge in [0.25, 0.3) is 0 Å². The van der Waals surface area contributed by atoms with Gasteiger partial charge in [0.2, 0.25) is 0 Å². The molecule has 0 atom stereocenters. The zero-order chi connectivity index (χ0) is 7.56. The average Bonchev–Trinajstić information content (AvgIpc) is 1.95. The molecule has 0 amide bonds. The van der Waals surface area contributed by atoms with Gasteiger partial charge in [0.15, 0.2) is 0 Å². The summed E-state index contributed by atoms with van der Waals surface area (Å²) < 4.78 is 0. The summed E-state index contributed by atoms with van der Waals surface area (Å²) >= 11 is 0. The van der Waals surface area contributed by atoms with Gasteiger partial charge < -0.3 is 5.11 Å². The second-order valence-electron chi connectivity index (χ2n) is 2.47. The third-order valence-corrected chi connectivity index (χ3v) is 1.67. The molecule has 0 aliphatic carbocycles. The van der Waals surface area contributed by atoms with Crippen LogP contribution in [-0.4, -0.2) is 5.11 Å². The fourth-order valence-electron chi connectivity index (χ4n) is 0.937. The Hall–Kier alpha value is 0.254. The number of phenols is 1. The summed E-state index contributed by atoms with van der Waals surface area (Å²) in [5.74, 6) is 0.386. The summed E-state index contributed by atoms with van der Waals surface area (Å²) in [6.45, 7) is 4.01. The van der Waals surface area contributed by atoms with Crippen molar-refractivity contribution in [3.8, 4) is 5.75 Å². The number of rotatable bonds is 1. The molecule has 1 rings (SSSR count). The van der Waals surface area contributed by atoms with Crippen LogP contribution >= 0.6 is 0 Å². The summed E-state index contributed by atoms with van der Waals surface area (Å²) in [6.07, 6.45) is 1.03. The van der Waals surface area contributed by atoms with Crippen molar-refractivity contribution in [2.75, 3.05) is 0 Å². The van der Waals surface area contributed by atoms with E-state index in [4.69, 9.17) is 5.11 Å². The van der Waals surface area contributed by atoms with Gasteiger partial charge in [-0.3, -0.25) is 0 Å². The van der Waals surface area contributed by atoms with Crippen molar-refractivity contribution in [3.05, 3.63) is 29.3 Å². The van der Waals surface area contributed by atoms with E-state index in [9.17, 15) is 0 Å². The quantitative estimate of drug-likeness (QED) is 0.843. The van der Waals surface area contributed by atoms with Gasteiger partial charge in [-0.05, 0) is 30.5 Å². The van der Waals surface area contributed by atoms with Crippen molar-refractivity contribution in [2.24, 2.45) is 0 Å². The predicted octanol–water partition coefficient (Wildman–Crippen LogP) is 2.26. The minimum Gasteiger partial charge on any atom is -0.508 e. The molecule has 0 unspecified atom stereocenters. The van der Waals surface area contributed by atoms with Crippen LogP contribution in [0.1, 0.15) is 18.1 Å². The second-order valence-corrected chi connectivity index (χ2v) is 2.47. The minimum absolute atomic E-state index is 0. The molecular weight excluding hydrogens is 299 g/mol. The number of aromatic hydroxyl groups is 1. The molecule has 1 nitrogen and oxygen atoms in total. The van der Waals surface area contributed by atoms with E-state index in [1.165, 1.54) is 5.56 Å². The normalized spacial score (nSPS) is 8.91. The molecule has 2 heteroatoms. The Kier molecular flexibility index (Phi) is 5.11. The Morgan fingerprint density at radius 2 is 2.00 bits per heavy atom. The second kappa shape index (κ2) is 5.00. The van der Waals surface area contributed by atoms with Crippen LogP contribution in [0.25, 0.3) is 0 Å². The van der Waals surface area contributed by atoms with Crippen LogP contribution in [0.4, 0.5) is 0 Å². The van der Waals surface area contributed by atoms with Crippen molar-refractivity contribution in [2.45, 2.75) is 20.3 Å². The van der Waals surface area contributed by atoms with Crippen LogP contribution in [-0.2, 0) is 6.42 Å². The van der Waals surface area contributed by atoms with Crippen molar-refractivity contribution in [3.63, 3.8) is 0 Å². The topological polar surface area (TPSA) is 20.2 Å². The van der Waals surface area contributed by atoms with E-state index in [2.05, 4.69) is 6.92 Å². The molecule has 0 bridgehead atoms.